The van der Waals surface area contributed by atoms with E-state index in [1.54, 1.807) is 0 Å². The van der Waals surface area contributed by atoms with Gasteiger partial charge in [-0.1, -0.05) is 34.1 Å². The van der Waals surface area contributed by atoms with E-state index in [2.05, 4.69) is 28.9 Å². The van der Waals surface area contributed by atoms with Crippen LogP contribution in [0.1, 0.15) is 28.5 Å². The average molecular weight is 368 g/mol. The van der Waals surface area contributed by atoms with Gasteiger partial charge in [0.25, 0.3) is 0 Å². The Labute approximate surface area is 138 Å². The Morgan fingerprint density at radius 3 is 2.43 bits per heavy atom. The Kier molecular flexibility index (Phi) is 4.41. The number of benzene rings is 2. The SMILES string of the molecule is Cc1cc(C(Cl)c2ccc3c(c2)OCCCO3)ccc1Br. The zero-order valence-electron chi connectivity index (χ0n) is 11.7. The van der Waals surface area contributed by atoms with Crippen molar-refractivity contribution < 1.29 is 9.47 Å². The third-order valence-corrected chi connectivity index (χ3v) is 4.93. The molecular weight excluding hydrogens is 352 g/mol. The summed E-state index contributed by atoms with van der Waals surface area (Å²) >= 11 is 10.1. The van der Waals surface area contributed by atoms with Crippen molar-refractivity contribution in [2.45, 2.75) is 18.7 Å². The minimum Gasteiger partial charge on any atom is -0.490 e. The van der Waals surface area contributed by atoms with Crippen LogP contribution in [0.15, 0.2) is 40.9 Å². The molecule has 0 aromatic heterocycles. The maximum Gasteiger partial charge on any atom is 0.161 e. The lowest BCUT2D eigenvalue weighted by atomic mass is 10.0. The van der Waals surface area contributed by atoms with Crippen LogP contribution in [0.5, 0.6) is 11.5 Å². The lowest BCUT2D eigenvalue weighted by Gasteiger charge is -2.14. The molecule has 0 saturated heterocycles. The minimum atomic E-state index is -0.200. The van der Waals surface area contributed by atoms with E-state index in [1.807, 2.05) is 30.3 Å². The number of hydrogen-bond acceptors (Lipinski definition) is 2. The van der Waals surface area contributed by atoms with Crippen molar-refractivity contribution in [1.29, 1.82) is 0 Å². The van der Waals surface area contributed by atoms with Crippen LogP contribution in [0.4, 0.5) is 0 Å². The van der Waals surface area contributed by atoms with Gasteiger partial charge in [-0.3, -0.25) is 0 Å². The molecule has 1 atom stereocenters. The molecule has 0 amide bonds. The second-order valence-corrected chi connectivity index (χ2v) is 6.42. The van der Waals surface area contributed by atoms with Crippen LogP contribution in [0.25, 0.3) is 0 Å². The van der Waals surface area contributed by atoms with Crippen molar-refractivity contribution in [3.63, 3.8) is 0 Å². The topological polar surface area (TPSA) is 18.5 Å². The van der Waals surface area contributed by atoms with Crippen LogP contribution in [-0.2, 0) is 0 Å². The van der Waals surface area contributed by atoms with Gasteiger partial charge in [0, 0.05) is 10.9 Å². The smallest absolute Gasteiger partial charge is 0.161 e. The molecule has 110 valence electrons. The van der Waals surface area contributed by atoms with Gasteiger partial charge in [-0.2, -0.15) is 0 Å². The van der Waals surface area contributed by atoms with Gasteiger partial charge in [0.1, 0.15) is 0 Å². The molecule has 1 aliphatic heterocycles. The molecule has 2 aromatic carbocycles. The molecule has 0 bridgehead atoms. The summed E-state index contributed by atoms with van der Waals surface area (Å²) in [5.41, 5.74) is 3.27. The van der Waals surface area contributed by atoms with E-state index in [0.29, 0.717) is 13.2 Å². The molecule has 0 spiro atoms. The molecule has 0 aliphatic carbocycles. The quantitative estimate of drug-likeness (QED) is 0.675. The average Bonchev–Trinajstić information content (AvgIpc) is 2.73. The number of aryl methyl sites for hydroxylation is 1. The van der Waals surface area contributed by atoms with Gasteiger partial charge in [0.05, 0.1) is 18.6 Å². The number of hydrogen-bond donors (Lipinski definition) is 0. The largest absolute Gasteiger partial charge is 0.490 e. The van der Waals surface area contributed by atoms with Crippen molar-refractivity contribution in [1.82, 2.24) is 0 Å². The molecule has 4 heteroatoms. The van der Waals surface area contributed by atoms with Gasteiger partial charge < -0.3 is 9.47 Å². The Bertz CT molecular complexity index is 657. The first-order chi connectivity index (χ1) is 10.1. The number of alkyl halides is 1. The summed E-state index contributed by atoms with van der Waals surface area (Å²) in [6, 6.07) is 12.1. The van der Waals surface area contributed by atoms with E-state index in [4.69, 9.17) is 21.1 Å². The summed E-state index contributed by atoms with van der Waals surface area (Å²) in [4.78, 5) is 0. The third-order valence-electron chi connectivity index (χ3n) is 3.54. The van der Waals surface area contributed by atoms with Gasteiger partial charge in [-0.25, -0.2) is 0 Å². The summed E-state index contributed by atoms with van der Waals surface area (Å²) in [5.74, 6) is 1.58. The van der Waals surface area contributed by atoms with Crippen molar-refractivity contribution >= 4 is 27.5 Å². The normalized spacial score (nSPS) is 15.4. The van der Waals surface area contributed by atoms with Crippen molar-refractivity contribution in [2.75, 3.05) is 13.2 Å². The van der Waals surface area contributed by atoms with Gasteiger partial charge >= 0.3 is 0 Å². The molecule has 0 radical (unpaired) electrons. The molecule has 0 fully saturated rings. The second-order valence-electron chi connectivity index (χ2n) is 5.13. The highest BCUT2D eigenvalue weighted by Crippen LogP contribution is 2.37. The van der Waals surface area contributed by atoms with Crippen LogP contribution in [0, 0.1) is 6.92 Å². The molecule has 1 aliphatic rings. The van der Waals surface area contributed by atoms with E-state index in [0.717, 1.165) is 33.5 Å². The van der Waals surface area contributed by atoms with Crippen molar-refractivity contribution in [3.05, 3.63) is 57.6 Å². The first kappa shape index (κ1) is 14.7. The van der Waals surface area contributed by atoms with E-state index in [-0.39, 0.29) is 5.38 Å². The Hall–Kier alpha value is -1.19. The predicted molar refractivity (Wildman–Crippen MR) is 88.6 cm³/mol. The molecule has 3 rings (SSSR count). The zero-order chi connectivity index (χ0) is 14.8. The molecule has 1 unspecified atom stereocenters. The molecular formula is C17H16BrClO2. The number of halogens is 2. The van der Waals surface area contributed by atoms with Gasteiger partial charge in [0.2, 0.25) is 0 Å². The predicted octanol–water partition coefficient (Wildman–Crippen LogP) is 5.25. The molecule has 2 nitrogen and oxygen atoms in total. The summed E-state index contributed by atoms with van der Waals surface area (Å²) < 4.78 is 12.5. The number of fused-ring (bicyclic) bond motifs is 1. The standard InChI is InChI=1S/C17H16BrClO2/c1-11-9-12(3-5-14(11)18)17(19)13-4-6-15-16(10-13)21-8-2-7-20-15/h3-6,9-10,17H,2,7-8H2,1H3. The van der Waals surface area contributed by atoms with Crippen LogP contribution >= 0.6 is 27.5 Å². The highest BCUT2D eigenvalue weighted by molar-refractivity contribution is 9.10. The maximum absolute atomic E-state index is 6.63. The summed E-state index contributed by atoms with van der Waals surface area (Å²) in [6.07, 6.45) is 0.903. The molecule has 1 heterocycles. The van der Waals surface area contributed by atoms with Crippen molar-refractivity contribution in [2.24, 2.45) is 0 Å². The highest BCUT2D eigenvalue weighted by atomic mass is 79.9. The van der Waals surface area contributed by atoms with Crippen LogP contribution < -0.4 is 9.47 Å². The first-order valence-corrected chi connectivity index (χ1v) is 8.18. The lowest BCUT2D eigenvalue weighted by molar-refractivity contribution is 0.297. The number of ether oxygens (including phenoxy) is 2. The Balaban J connectivity index is 1.92. The molecule has 0 saturated carbocycles. The second kappa shape index (κ2) is 6.29. The van der Waals surface area contributed by atoms with Crippen LogP contribution in [-0.4, -0.2) is 13.2 Å². The van der Waals surface area contributed by atoms with E-state index in [1.165, 1.54) is 5.56 Å². The fourth-order valence-corrected chi connectivity index (χ4v) is 2.87. The van der Waals surface area contributed by atoms with Crippen LogP contribution in [0.2, 0.25) is 0 Å². The molecule has 21 heavy (non-hydrogen) atoms. The molecule has 0 N–H and O–H groups in total. The summed E-state index contributed by atoms with van der Waals surface area (Å²) in [7, 11) is 0. The van der Waals surface area contributed by atoms with Crippen molar-refractivity contribution in [3.8, 4) is 11.5 Å². The van der Waals surface area contributed by atoms with Gasteiger partial charge in [0.15, 0.2) is 11.5 Å². The minimum absolute atomic E-state index is 0.200. The fourth-order valence-electron chi connectivity index (χ4n) is 2.36. The van der Waals surface area contributed by atoms with Gasteiger partial charge in [-0.05, 0) is 41.8 Å². The van der Waals surface area contributed by atoms with E-state index in [9.17, 15) is 0 Å². The zero-order valence-corrected chi connectivity index (χ0v) is 14.1. The highest BCUT2D eigenvalue weighted by Gasteiger charge is 2.16. The Morgan fingerprint density at radius 2 is 1.67 bits per heavy atom. The van der Waals surface area contributed by atoms with E-state index >= 15 is 0 Å². The fraction of sp³-hybridized carbons (Fsp3) is 0.294. The van der Waals surface area contributed by atoms with Gasteiger partial charge in [-0.15, -0.1) is 11.6 Å². The first-order valence-electron chi connectivity index (χ1n) is 6.95. The monoisotopic (exact) mass is 366 g/mol. The molecule has 2 aromatic rings. The third kappa shape index (κ3) is 3.19. The summed E-state index contributed by atoms with van der Waals surface area (Å²) in [6.45, 7) is 3.44. The maximum atomic E-state index is 6.63. The lowest BCUT2D eigenvalue weighted by Crippen LogP contribution is -1.98. The van der Waals surface area contributed by atoms with E-state index < -0.39 is 0 Å². The summed E-state index contributed by atoms with van der Waals surface area (Å²) in [5, 5.41) is -0.200. The number of rotatable bonds is 2. The van der Waals surface area contributed by atoms with Crippen LogP contribution in [0.3, 0.4) is 0 Å². The Morgan fingerprint density at radius 1 is 1.00 bits per heavy atom.